The van der Waals surface area contributed by atoms with E-state index in [9.17, 15) is 25.3 Å². The van der Waals surface area contributed by atoms with Crippen molar-refractivity contribution in [2.45, 2.75) is 158 Å². The van der Waals surface area contributed by atoms with Crippen LogP contribution in [0.15, 0.2) is 0 Å². The normalized spacial score (nSPS) is 25.1. The molecular weight excluding hydrogens is 913 g/mol. The van der Waals surface area contributed by atoms with E-state index in [1.807, 2.05) is 37.4 Å². The van der Waals surface area contributed by atoms with Crippen LogP contribution in [0.2, 0.25) is 0 Å². The van der Waals surface area contributed by atoms with Crippen molar-refractivity contribution in [1.82, 2.24) is 29.4 Å². The molecule has 6 aliphatic heterocycles. The molecule has 6 fully saturated rings. The van der Waals surface area contributed by atoms with Gasteiger partial charge in [-0.15, -0.1) is 11.8 Å². The van der Waals surface area contributed by atoms with E-state index >= 15 is 0 Å². The van der Waals surface area contributed by atoms with Gasteiger partial charge in [-0.25, -0.2) is 16.8 Å². The molecule has 6 saturated heterocycles. The molecule has 0 bridgehead atoms. The number of thioether (sulfide) groups is 2. The summed E-state index contributed by atoms with van der Waals surface area (Å²) in [7, 11) is -6.58. The average molecular weight is 1010 g/mol. The molecule has 1 atom stereocenters. The molecule has 0 aromatic carbocycles. The topological polar surface area (TPSA) is 122 Å². The zero-order chi connectivity index (χ0) is 48.9. The lowest BCUT2D eigenvalue weighted by Crippen LogP contribution is -2.49. The molecule has 6 rings (SSSR count). The highest BCUT2D eigenvalue weighted by molar-refractivity contribution is 7.99. The van der Waals surface area contributed by atoms with Gasteiger partial charge in [0.05, 0.1) is 23.1 Å². The van der Waals surface area contributed by atoms with Crippen LogP contribution in [0.3, 0.4) is 0 Å². The van der Waals surface area contributed by atoms with Gasteiger partial charge in [-0.05, 0) is 125 Å². The van der Waals surface area contributed by atoms with Crippen molar-refractivity contribution in [3.05, 3.63) is 0 Å². The molecule has 0 radical (unpaired) electrons. The smallest absolute Gasteiger partial charge is 0.164 e. The summed E-state index contributed by atoms with van der Waals surface area (Å²) < 4.78 is 66.3. The first-order valence-electron chi connectivity index (χ1n) is 23.1. The summed E-state index contributed by atoms with van der Waals surface area (Å²) in [4.78, 5) is 13.9. The minimum atomic E-state index is -2.75. The second-order valence-electron chi connectivity index (χ2n) is 23.3. The first-order chi connectivity index (χ1) is 28.3. The molecule has 0 N–H and O–H groups in total. The maximum Gasteiger partial charge on any atom is 0.164 e. The van der Waals surface area contributed by atoms with Crippen molar-refractivity contribution in [2.75, 3.05) is 128 Å². The van der Waals surface area contributed by atoms with Gasteiger partial charge in [-0.3, -0.25) is 37.8 Å². The van der Waals surface area contributed by atoms with Crippen molar-refractivity contribution in [2.24, 2.45) is 0 Å². The van der Waals surface area contributed by atoms with Crippen LogP contribution in [0.5, 0.6) is 0 Å². The summed E-state index contributed by atoms with van der Waals surface area (Å²) in [5.41, 5.74) is 1.33. The van der Waals surface area contributed by atoms with E-state index in [0.29, 0.717) is 48.0 Å². The van der Waals surface area contributed by atoms with Crippen LogP contribution in [0, 0.1) is 0 Å². The molecule has 0 aliphatic carbocycles. The van der Waals surface area contributed by atoms with Crippen LogP contribution in [0.1, 0.15) is 125 Å². The van der Waals surface area contributed by atoms with Gasteiger partial charge in [0.25, 0.3) is 0 Å². The fraction of sp³-hybridized carbons (Fsp3) is 1.00. The maximum atomic E-state index is 11.1. The Morgan fingerprint density at radius 2 is 0.683 bits per heavy atom. The van der Waals surface area contributed by atoms with Gasteiger partial charge in [-0.1, -0.05) is 0 Å². The highest BCUT2D eigenvalue weighted by atomic mass is 32.2. The summed E-state index contributed by atoms with van der Waals surface area (Å²) in [6.45, 7) is 48.1. The Morgan fingerprint density at radius 3 is 0.952 bits per heavy atom. The van der Waals surface area contributed by atoms with E-state index in [4.69, 9.17) is 0 Å². The van der Waals surface area contributed by atoms with Crippen LogP contribution < -0.4 is 0 Å². The van der Waals surface area contributed by atoms with Gasteiger partial charge in [0.15, 0.2) is 19.7 Å². The number of nitrogens with zero attached hydrogens (tertiary/aromatic N) is 6. The highest BCUT2D eigenvalue weighted by Crippen LogP contribution is 2.23. The van der Waals surface area contributed by atoms with Gasteiger partial charge in [0.1, 0.15) is 5.88 Å². The Balaban J connectivity index is 0.000000379. The molecule has 0 amide bonds. The molecule has 378 valence electrons. The Morgan fingerprint density at radius 1 is 0.365 bits per heavy atom. The molecule has 63 heavy (non-hydrogen) atoms. The van der Waals surface area contributed by atoms with Crippen molar-refractivity contribution < 1.29 is 25.3 Å². The van der Waals surface area contributed by atoms with Crippen LogP contribution in [0.25, 0.3) is 0 Å². The molecule has 0 aromatic heterocycles. The zero-order valence-electron chi connectivity index (χ0n) is 43.4. The third-order valence-corrected chi connectivity index (χ3v) is 19.4. The second kappa shape index (κ2) is 26.0. The molecule has 6 aliphatic rings. The SMILES string of the molecule is CC(C)(C)N1CCS(=O)(=O)C1.CC(C)(C)N1CCS(=O)(=O)CC1.CC(C)(C)N1CCS(=O)C1.CC(C)(C)N1CCS(=O)CC1.CC(C)(C)N1CCSC1.CC(C)(C)N1CCSCC1. The molecule has 0 saturated carbocycles. The molecule has 1 unspecified atom stereocenters. The van der Waals surface area contributed by atoms with E-state index < -0.39 is 41.3 Å². The van der Waals surface area contributed by atoms with Crippen LogP contribution in [0.4, 0.5) is 0 Å². The number of sulfone groups is 2. The fourth-order valence-electron chi connectivity index (χ4n) is 7.06. The molecule has 0 spiro atoms. The minimum Gasteiger partial charge on any atom is -0.297 e. The Kier molecular flexibility index (Phi) is 25.5. The van der Waals surface area contributed by atoms with Crippen molar-refractivity contribution in [3.63, 3.8) is 0 Å². The standard InChI is InChI=1S/C8H17NO2S.C8H17NOS.C8H17NS.C7H15NO2S.C7H15NOS.C7H15NS/c1-8(2,3)9-4-6-12(10,11)7-5-9;1-8(2,3)9-4-6-11(10)7-5-9;1-8(2,3)9-4-6-10-7-5-9;1-7(2,3)8-4-5-11(9,10)6-8;1-7(2,3)8-4-5-10(9)6-8;1-7(2,3)8-4-5-9-6-8/h4-7H2,1-3H3;4-7H2,1-3H3;4-7H2,1-3H3;4-6H2,1-3H3;4-6H2,1-3H3;4-6H2,1-3H3. The summed E-state index contributed by atoms with van der Waals surface area (Å²) in [5.74, 6) is 9.72. The Bertz CT molecular complexity index is 1570. The van der Waals surface area contributed by atoms with E-state index in [0.717, 1.165) is 42.8 Å². The highest BCUT2D eigenvalue weighted by Gasteiger charge is 2.33. The fourth-order valence-corrected chi connectivity index (χ4v) is 14.5. The van der Waals surface area contributed by atoms with Crippen LogP contribution >= 0.6 is 23.5 Å². The van der Waals surface area contributed by atoms with Crippen molar-refractivity contribution in [1.29, 1.82) is 0 Å². The lowest BCUT2D eigenvalue weighted by molar-refractivity contribution is 0.150. The van der Waals surface area contributed by atoms with Crippen molar-refractivity contribution >= 4 is 64.8 Å². The first-order valence-corrected chi connectivity index (χ1v) is 32.0. The maximum absolute atomic E-state index is 11.1. The van der Waals surface area contributed by atoms with E-state index in [-0.39, 0.29) is 28.0 Å². The monoisotopic (exact) mass is 1010 g/mol. The Labute approximate surface area is 403 Å². The third-order valence-electron chi connectivity index (χ3n) is 11.9. The average Bonchev–Trinajstić information content (AvgIpc) is 3.91. The number of hydrogen-bond donors (Lipinski definition) is 0. The van der Waals surface area contributed by atoms with Gasteiger partial charge >= 0.3 is 0 Å². The molecule has 6 heterocycles. The van der Waals surface area contributed by atoms with E-state index in [2.05, 4.69) is 140 Å². The predicted octanol–water partition coefficient (Wildman–Crippen LogP) is 6.27. The Hall–Kier alpha value is 0.660. The van der Waals surface area contributed by atoms with E-state index in [1.165, 1.54) is 42.8 Å². The van der Waals surface area contributed by atoms with Gasteiger partial charge in [-0.2, -0.15) is 11.8 Å². The van der Waals surface area contributed by atoms with Gasteiger partial charge in [0.2, 0.25) is 0 Å². The predicted molar refractivity (Wildman–Crippen MR) is 281 cm³/mol. The number of rotatable bonds is 0. The quantitative estimate of drug-likeness (QED) is 0.271. The van der Waals surface area contributed by atoms with Crippen LogP contribution in [-0.2, 0) is 41.3 Å². The minimum absolute atomic E-state index is 0.0103. The molecular formula is C45H96N6O6S6. The van der Waals surface area contributed by atoms with E-state index in [1.54, 1.807) is 0 Å². The second-order valence-corrected chi connectivity index (χ2v) is 33.3. The molecule has 18 heteroatoms. The first kappa shape index (κ1) is 61.7. The summed E-state index contributed by atoms with van der Waals surface area (Å²) in [6.07, 6.45) is 0. The zero-order valence-corrected chi connectivity index (χ0v) is 48.3. The van der Waals surface area contributed by atoms with Crippen molar-refractivity contribution in [3.8, 4) is 0 Å². The third kappa shape index (κ3) is 26.3. The summed E-state index contributed by atoms with van der Waals surface area (Å²) in [6, 6.07) is 0. The van der Waals surface area contributed by atoms with Gasteiger partial charge in [0, 0.05) is 154 Å². The lowest BCUT2D eigenvalue weighted by Gasteiger charge is -2.37. The van der Waals surface area contributed by atoms with Gasteiger partial charge < -0.3 is 0 Å². The summed E-state index contributed by atoms with van der Waals surface area (Å²) >= 11 is 4.11. The number of hydrogen-bond acceptors (Lipinski definition) is 14. The lowest BCUT2D eigenvalue weighted by atomic mass is 10.1. The summed E-state index contributed by atoms with van der Waals surface area (Å²) in [5, 5.41) is 0. The molecule has 0 aromatic rings. The largest absolute Gasteiger partial charge is 0.297 e. The molecule has 12 nitrogen and oxygen atoms in total. The van der Waals surface area contributed by atoms with Crippen LogP contribution in [-0.4, -0.2) is 216 Å².